The zero-order valence-electron chi connectivity index (χ0n) is 8.01. The van der Waals surface area contributed by atoms with Crippen LogP contribution in [-0.2, 0) is 4.79 Å². The minimum Gasteiger partial charge on any atom is -0.290 e. The normalized spacial score (nSPS) is 10.5. The average Bonchev–Trinajstić information content (AvgIpc) is 2.58. The van der Waals surface area contributed by atoms with Crippen LogP contribution in [0.3, 0.4) is 0 Å². The number of carbonyl (C=O) groups excluding carboxylic acids is 1. The van der Waals surface area contributed by atoms with Gasteiger partial charge in [0.2, 0.25) is 6.41 Å². The topological polar surface area (TPSA) is 65.1 Å². The van der Waals surface area contributed by atoms with Crippen molar-refractivity contribution >= 4 is 23.0 Å². The lowest BCUT2D eigenvalue weighted by atomic mass is 10.1. The molecule has 1 aromatic heterocycles. The van der Waals surface area contributed by atoms with E-state index in [1.165, 1.54) is 10.6 Å². The van der Waals surface area contributed by atoms with E-state index < -0.39 is 4.92 Å². The van der Waals surface area contributed by atoms with Crippen LogP contribution in [0.25, 0.3) is 10.9 Å². The van der Waals surface area contributed by atoms with Crippen LogP contribution in [0.4, 0.5) is 5.69 Å². The summed E-state index contributed by atoms with van der Waals surface area (Å²) in [6.45, 7) is 1.68. The molecule has 0 saturated heterocycles. The van der Waals surface area contributed by atoms with Gasteiger partial charge in [0.25, 0.3) is 5.69 Å². The summed E-state index contributed by atoms with van der Waals surface area (Å²) < 4.78 is 1.32. The second-order valence-corrected chi connectivity index (χ2v) is 3.28. The molecule has 0 bridgehead atoms. The number of nitrogens with zero attached hydrogens (tertiary/aromatic N) is 2. The fraction of sp³-hybridized carbons (Fsp3) is 0.100. The summed E-state index contributed by atoms with van der Waals surface area (Å²) in [5.74, 6) is 0. The fourth-order valence-electron chi connectivity index (χ4n) is 1.59. The molecule has 76 valence electrons. The van der Waals surface area contributed by atoms with Crippen molar-refractivity contribution in [2.75, 3.05) is 0 Å². The van der Waals surface area contributed by atoms with Gasteiger partial charge in [-0.3, -0.25) is 19.5 Å². The van der Waals surface area contributed by atoms with Gasteiger partial charge < -0.3 is 0 Å². The van der Waals surface area contributed by atoms with Crippen molar-refractivity contribution in [3.8, 4) is 0 Å². The number of nitro groups is 1. The molecule has 0 aliphatic rings. The number of aromatic nitrogens is 1. The number of hydrogen-bond acceptors (Lipinski definition) is 3. The first-order valence-electron chi connectivity index (χ1n) is 4.34. The molecule has 2 aromatic rings. The van der Waals surface area contributed by atoms with E-state index in [0.717, 1.165) is 5.39 Å². The molecule has 0 radical (unpaired) electrons. The van der Waals surface area contributed by atoms with Gasteiger partial charge in [-0.2, -0.15) is 0 Å². The molecule has 5 heteroatoms. The molecule has 0 N–H and O–H groups in total. The van der Waals surface area contributed by atoms with Gasteiger partial charge in [-0.25, -0.2) is 0 Å². The van der Waals surface area contributed by atoms with E-state index in [4.69, 9.17) is 0 Å². The van der Waals surface area contributed by atoms with Gasteiger partial charge in [-0.05, 0) is 19.1 Å². The van der Waals surface area contributed by atoms with Gasteiger partial charge >= 0.3 is 0 Å². The molecule has 0 unspecified atom stereocenters. The van der Waals surface area contributed by atoms with Crippen LogP contribution in [-0.4, -0.2) is 15.9 Å². The van der Waals surface area contributed by atoms with Gasteiger partial charge in [0.1, 0.15) is 0 Å². The standard InChI is InChI=1S/C10H8N2O3/c1-7-4-8-2-3-11(6-13)10(8)5-9(7)12(14)15/h2-6H,1H3. The number of aryl methyl sites for hydroxylation is 1. The third kappa shape index (κ3) is 1.38. The first kappa shape index (κ1) is 9.39. The molecule has 1 aromatic carbocycles. The highest BCUT2D eigenvalue weighted by molar-refractivity contribution is 5.88. The zero-order valence-corrected chi connectivity index (χ0v) is 8.01. The van der Waals surface area contributed by atoms with Crippen molar-refractivity contribution in [2.24, 2.45) is 0 Å². The number of fused-ring (bicyclic) bond motifs is 1. The van der Waals surface area contributed by atoms with Crippen LogP contribution in [0.1, 0.15) is 5.56 Å². The molecular formula is C10H8N2O3. The Morgan fingerprint density at radius 1 is 1.47 bits per heavy atom. The minimum atomic E-state index is -0.448. The Kier molecular flexibility index (Phi) is 2.00. The number of benzene rings is 1. The Bertz CT molecular complexity index is 557. The molecular weight excluding hydrogens is 196 g/mol. The maximum absolute atomic E-state index is 10.7. The molecule has 5 nitrogen and oxygen atoms in total. The highest BCUT2D eigenvalue weighted by Crippen LogP contribution is 2.25. The fourth-order valence-corrected chi connectivity index (χ4v) is 1.59. The van der Waals surface area contributed by atoms with Crippen molar-refractivity contribution in [3.63, 3.8) is 0 Å². The number of nitro benzene ring substituents is 1. The molecule has 0 amide bonds. The lowest BCUT2D eigenvalue weighted by Gasteiger charge is -1.99. The van der Waals surface area contributed by atoms with Gasteiger partial charge in [-0.1, -0.05) is 0 Å². The van der Waals surface area contributed by atoms with E-state index in [1.54, 1.807) is 25.3 Å². The van der Waals surface area contributed by atoms with Crippen LogP contribution in [0.2, 0.25) is 0 Å². The SMILES string of the molecule is Cc1cc2ccn(C=O)c2cc1[N+](=O)[O-]. The summed E-state index contributed by atoms with van der Waals surface area (Å²) in [5.41, 5.74) is 1.18. The summed E-state index contributed by atoms with van der Waals surface area (Å²) in [6.07, 6.45) is 2.21. The van der Waals surface area contributed by atoms with Crippen LogP contribution in [0.5, 0.6) is 0 Å². The van der Waals surface area contributed by atoms with E-state index in [-0.39, 0.29) is 5.69 Å². The van der Waals surface area contributed by atoms with Crippen LogP contribution in [0, 0.1) is 17.0 Å². The van der Waals surface area contributed by atoms with Crippen molar-refractivity contribution in [2.45, 2.75) is 6.92 Å². The summed E-state index contributed by atoms with van der Waals surface area (Å²) in [6, 6.07) is 4.87. The maximum Gasteiger partial charge on any atom is 0.274 e. The second kappa shape index (κ2) is 3.20. The van der Waals surface area contributed by atoms with E-state index >= 15 is 0 Å². The van der Waals surface area contributed by atoms with Gasteiger partial charge in [0, 0.05) is 23.2 Å². The number of hydrogen-bond donors (Lipinski definition) is 0. The predicted octanol–water partition coefficient (Wildman–Crippen LogP) is 1.90. The van der Waals surface area contributed by atoms with Crippen LogP contribution < -0.4 is 0 Å². The minimum absolute atomic E-state index is 0.0318. The first-order valence-corrected chi connectivity index (χ1v) is 4.34. The molecule has 0 saturated carbocycles. The largest absolute Gasteiger partial charge is 0.290 e. The summed E-state index contributed by atoms with van der Waals surface area (Å²) in [7, 11) is 0. The average molecular weight is 204 g/mol. The monoisotopic (exact) mass is 204 g/mol. The lowest BCUT2D eigenvalue weighted by Crippen LogP contribution is -1.95. The Balaban J connectivity index is 2.80. The Hall–Kier alpha value is -2.17. The lowest BCUT2D eigenvalue weighted by molar-refractivity contribution is -0.385. The van der Waals surface area contributed by atoms with E-state index in [9.17, 15) is 14.9 Å². The molecule has 0 aliphatic heterocycles. The quantitative estimate of drug-likeness (QED) is 0.426. The molecule has 0 aliphatic carbocycles. The number of rotatable bonds is 2. The maximum atomic E-state index is 10.7. The van der Waals surface area contributed by atoms with E-state index in [0.29, 0.717) is 17.5 Å². The molecule has 0 atom stereocenters. The molecule has 0 spiro atoms. The van der Waals surface area contributed by atoms with Crippen molar-refractivity contribution in [1.29, 1.82) is 0 Å². The molecule has 1 heterocycles. The second-order valence-electron chi connectivity index (χ2n) is 3.28. The number of carbonyl (C=O) groups is 1. The van der Waals surface area contributed by atoms with E-state index in [1.807, 2.05) is 0 Å². The van der Waals surface area contributed by atoms with Crippen LogP contribution in [0.15, 0.2) is 24.4 Å². The van der Waals surface area contributed by atoms with E-state index in [2.05, 4.69) is 0 Å². The Morgan fingerprint density at radius 3 is 2.80 bits per heavy atom. The highest BCUT2D eigenvalue weighted by atomic mass is 16.6. The summed E-state index contributed by atoms with van der Waals surface area (Å²) in [4.78, 5) is 20.9. The summed E-state index contributed by atoms with van der Waals surface area (Å²) in [5, 5.41) is 11.5. The molecule has 0 fully saturated rings. The summed E-state index contributed by atoms with van der Waals surface area (Å²) >= 11 is 0. The molecule has 2 rings (SSSR count). The first-order chi connectivity index (χ1) is 7.13. The molecule has 15 heavy (non-hydrogen) atoms. The third-order valence-corrected chi connectivity index (χ3v) is 2.35. The van der Waals surface area contributed by atoms with Crippen LogP contribution >= 0.6 is 0 Å². The van der Waals surface area contributed by atoms with Gasteiger partial charge in [-0.15, -0.1) is 0 Å². The van der Waals surface area contributed by atoms with Gasteiger partial charge in [0.05, 0.1) is 10.4 Å². The van der Waals surface area contributed by atoms with Gasteiger partial charge in [0.15, 0.2) is 0 Å². The Morgan fingerprint density at radius 2 is 2.20 bits per heavy atom. The predicted molar refractivity (Wildman–Crippen MR) is 55.5 cm³/mol. The van der Waals surface area contributed by atoms with Crippen molar-refractivity contribution in [3.05, 3.63) is 40.1 Å². The van der Waals surface area contributed by atoms with Crippen molar-refractivity contribution < 1.29 is 9.72 Å². The zero-order chi connectivity index (χ0) is 11.0. The third-order valence-electron chi connectivity index (χ3n) is 2.35. The van der Waals surface area contributed by atoms with Crippen molar-refractivity contribution in [1.82, 2.24) is 4.57 Å². The Labute approximate surface area is 85.1 Å². The highest BCUT2D eigenvalue weighted by Gasteiger charge is 2.13. The smallest absolute Gasteiger partial charge is 0.274 e.